The highest BCUT2D eigenvalue weighted by Gasteiger charge is 2.34. The molecule has 178 valence electrons. The third kappa shape index (κ3) is 6.32. The molecule has 0 radical (unpaired) electrons. The normalized spacial score (nSPS) is 21.0. The van der Waals surface area contributed by atoms with Gasteiger partial charge >= 0.3 is 11.8 Å². The smallest absolute Gasteiger partial charge is 0.309 e. The van der Waals surface area contributed by atoms with Crippen LogP contribution < -0.4 is 10.6 Å². The molecule has 1 aliphatic heterocycles. The maximum Gasteiger partial charge on any atom is 0.309 e. The Morgan fingerprint density at radius 3 is 2.38 bits per heavy atom. The SMILES string of the molecule is Cc1ccc(C)c(S(=O)(=O)N2CCCC[C@@H]2CCNC(=O)C(=O)NC2CCCCCC2)c1. The van der Waals surface area contributed by atoms with Gasteiger partial charge in [-0.1, -0.05) is 44.2 Å². The van der Waals surface area contributed by atoms with Crippen LogP contribution in [0.5, 0.6) is 0 Å². The Kier molecular flexibility index (Phi) is 8.71. The lowest BCUT2D eigenvalue weighted by Gasteiger charge is -2.35. The molecule has 2 fully saturated rings. The molecule has 1 atom stereocenters. The molecule has 1 aromatic rings. The van der Waals surface area contributed by atoms with Crippen molar-refractivity contribution >= 4 is 21.8 Å². The van der Waals surface area contributed by atoms with Crippen molar-refractivity contribution in [2.75, 3.05) is 13.1 Å². The van der Waals surface area contributed by atoms with Crippen LogP contribution in [0.1, 0.15) is 75.3 Å². The molecule has 2 N–H and O–H groups in total. The number of sulfonamides is 1. The molecule has 1 aliphatic carbocycles. The molecule has 2 amide bonds. The number of carbonyl (C=O) groups is 2. The van der Waals surface area contributed by atoms with Crippen LogP contribution in [0.15, 0.2) is 23.1 Å². The fourth-order valence-electron chi connectivity index (χ4n) is 4.80. The third-order valence-corrected chi connectivity index (χ3v) is 8.76. The summed E-state index contributed by atoms with van der Waals surface area (Å²) in [6, 6.07) is 5.38. The number of nitrogens with zero attached hydrogens (tertiary/aromatic N) is 1. The lowest BCUT2D eigenvalue weighted by atomic mass is 10.0. The number of rotatable bonds is 6. The summed E-state index contributed by atoms with van der Waals surface area (Å²) < 4.78 is 28.4. The molecule has 0 aromatic heterocycles. The van der Waals surface area contributed by atoms with Gasteiger partial charge in [0.25, 0.3) is 0 Å². The van der Waals surface area contributed by atoms with Crippen molar-refractivity contribution in [2.24, 2.45) is 0 Å². The van der Waals surface area contributed by atoms with Gasteiger partial charge in [-0.25, -0.2) is 8.42 Å². The van der Waals surface area contributed by atoms with E-state index < -0.39 is 21.8 Å². The zero-order valence-corrected chi connectivity index (χ0v) is 20.2. The Morgan fingerprint density at radius 2 is 1.66 bits per heavy atom. The molecule has 3 rings (SSSR count). The summed E-state index contributed by atoms with van der Waals surface area (Å²) in [5, 5.41) is 5.55. The van der Waals surface area contributed by atoms with E-state index in [0.29, 0.717) is 17.9 Å². The van der Waals surface area contributed by atoms with E-state index in [2.05, 4.69) is 10.6 Å². The van der Waals surface area contributed by atoms with Crippen molar-refractivity contribution in [3.05, 3.63) is 29.3 Å². The number of amides is 2. The third-order valence-electron chi connectivity index (χ3n) is 6.66. The van der Waals surface area contributed by atoms with E-state index in [-0.39, 0.29) is 18.6 Å². The summed E-state index contributed by atoms with van der Waals surface area (Å²) in [6.07, 6.45) is 9.41. The lowest BCUT2D eigenvalue weighted by Crippen LogP contribution is -2.47. The molecule has 32 heavy (non-hydrogen) atoms. The molecule has 2 aliphatic rings. The first kappa shape index (κ1) is 24.7. The van der Waals surface area contributed by atoms with Crippen LogP contribution in [0.4, 0.5) is 0 Å². The number of benzene rings is 1. The first-order valence-corrected chi connectivity index (χ1v) is 13.4. The van der Waals surface area contributed by atoms with Crippen molar-refractivity contribution in [3.8, 4) is 0 Å². The average molecular weight is 464 g/mol. The maximum absolute atomic E-state index is 13.4. The quantitative estimate of drug-likeness (QED) is 0.500. The number of nitrogens with one attached hydrogen (secondary N) is 2. The highest BCUT2D eigenvalue weighted by Crippen LogP contribution is 2.29. The van der Waals surface area contributed by atoms with Crippen LogP contribution in [-0.4, -0.2) is 49.7 Å². The van der Waals surface area contributed by atoms with Crippen molar-refractivity contribution in [3.63, 3.8) is 0 Å². The number of hydrogen-bond acceptors (Lipinski definition) is 4. The van der Waals surface area contributed by atoms with Gasteiger partial charge in [0.2, 0.25) is 10.0 Å². The molecular formula is C24H37N3O4S. The number of aryl methyl sites for hydroxylation is 2. The van der Waals surface area contributed by atoms with Gasteiger partial charge in [-0.3, -0.25) is 9.59 Å². The van der Waals surface area contributed by atoms with E-state index >= 15 is 0 Å². The van der Waals surface area contributed by atoms with E-state index in [1.807, 2.05) is 26.0 Å². The molecule has 1 heterocycles. The predicted molar refractivity (Wildman–Crippen MR) is 125 cm³/mol. The maximum atomic E-state index is 13.4. The zero-order chi connectivity index (χ0) is 23.1. The Hall–Kier alpha value is -1.93. The Bertz CT molecular complexity index is 908. The van der Waals surface area contributed by atoms with Gasteiger partial charge in [0.1, 0.15) is 0 Å². The van der Waals surface area contributed by atoms with E-state index in [0.717, 1.165) is 56.1 Å². The average Bonchev–Trinajstić information content (AvgIpc) is 3.04. The molecular weight excluding hydrogens is 426 g/mol. The van der Waals surface area contributed by atoms with Crippen molar-refractivity contribution in [2.45, 2.75) is 95.0 Å². The van der Waals surface area contributed by atoms with Gasteiger partial charge in [-0.05, 0) is 63.1 Å². The summed E-state index contributed by atoms with van der Waals surface area (Å²) in [5.74, 6) is -1.21. The Morgan fingerprint density at radius 1 is 0.969 bits per heavy atom. The number of piperidine rings is 1. The van der Waals surface area contributed by atoms with E-state index in [9.17, 15) is 18.0 Å². The first-order chi connectivity index (χ1) is 15.3. The summed E-state index contributed by atoms with van der Waals surface area (Å²) in [5.41, 5.74) is 1.65. The molecule has 0 spiro atoms. The minimum absolute atomic E-state index is 0.0762. The second kappa shape index (κ2) is 11.3. The molecule has 1 saturated carbocycles. The summed E-state index contributed by atoms with van der Waals surface area (Å²) >= 11 is 0. The van der Waals surface area contributed by atoms with Crippen LogP contribution in [0.2, 0.25) is 0 Å². The van der Waals surface area contributed by atoms with E-state index in [4.69, 9.17) is 0 Å². The van der Waals surface area contributed by atoms with Gasteiger partial charge in [0.15, 0.2) is 0 Å². The van der Waals surface area contributed by atoms with E-state index in [1.54, 1.807) is 10.4 Å². The number of hydrogen-bond donors (Lipinski definition) is 2. The monoisotopic (exact) mass is 463 g/mol. The molecule has 8 heteroatoms. The molecule has 7 nitrogen and oxygen atoms in total. The summed E-state index contributed by atoms with van der Waals surface area (Å²) in [4.78, 5) is 24.9. The molecule has 0 unspecified atom stereocenters. The standard InChI is InChI=1S/C24H37N3O4S/c1-18-12-13-19(2)22(17-18)32(30,31)27-16-8-7-11-21(27)14-15-25-23(28)24(29)26-20-9-5-3-4-6-10-20/h12-13,17,20-21H,3-11,14-16H2,1-2H3,(H,25,28)(H,26,29)/t21-/m1/s1. The lowest BCUT2D eigenvalue weighted by molar-refractivity contribution is -0.139. The van der Waals surface area contributed by atoms with Gasteiger partial charge in [-0.2, -0.15) is 4.31 Å². The zero-order valence-electron chi connectivity index (χ0n) is 19.4. The fraction of sp³-hybridized carbons (Fsp3) is 0.667. The van der Waals surface area contributed by atoms with Gasteiger partial charge in [0.05, 0.1) is 4.90 Å². The van der Waals surface area contributed by atoms with Crippen LogP contribution in [0.25, 0.3) is 0 Å². The minimum Gasteiger partial charge on any atom is -0.348 e. The highest BCUT2D eigenvalue weighted by molar-refractivity contribution is 7.89. The molecule has 0 bridgehead atoms. The van der Waals surface area contributed by atoms with Crippen LogP contribution in [0, 0.1) is 13.8 Å². The number of carbonyl (C=O) groups excluding carboxylic acids is 2. The Labute approximate surface area is 192 Å². The van der Waals surface area contributed by atoms with E-state index in [1.165, 1.54) is 12.8 Å². The largest absolute Gasteiger partial charge is 0.348 e. The Balaban J connectivity index is 1.56. The fourth-order valence-corrected chi connectivity index (χ4v) is 6.83. The van der Waals surface area contributed by atoms with Gasteiger partial charge in [-0.15, -0.1) is 0 Å². The molecule has 1 aromatic carbocycles. The van der Waals surface area contributed by atoms with Gasteiger partial charge < -0.3 is 10.6 Å². The van der Waals surface area contributed by atoms with Crippen LogP contribution in [0.3, 0.4) is 0 Å². The molecule has 1 saturated heterocycles. The van der Waals surface area contributed by atoms with Crippen molar-refractivity contribution < 1.29 is 18.0 Å². The van der Waals surface area contributed by atoms with Crippen molar-refractivity contribution in [1.82, 2.24) is 14.9 Å². The van der Waals surface area contributed by atoms with Crippen molar-refractivity contribution in [1.29, 1.82) is 0 Å². The second-order valence-corrected chi connectivity index (χ2v) is 11.1. The van der Waals surface area contributed by atoms with Crippen LogP contribution >= 0.6 is 0 Å². The topological polar surface area (TPSA) is 95.6 Å². The van der Waals surface area contributed by atoms with Gasteiger partial charge in [0, 0.05) is 25.2 Å². The first-order valence-electron chi connectivity index (χ1n) is 12.0. The highest BCUT2D eigenvalue weighted by atomic mass is 32.2. The second-order valence-electron chi connectivity index (χ2n) is 9.24. The van der Waals surface area contributed by atoms with Crippen LogP contribution in [-0.2, 0) is 19.6 Å². The predicted octanol–water partition coefficient (Wildman–Crippen LogP) is 3.19. The summed E-state index contributed by atoms with van der Waals surface area (Å²) in [6.45, 7) is 4.47. The minimum atomic E-state index is -3.61. The summed E-state index contributed by atoms with van der Waals surface area (Å²) in [7, 11) is -3.61.